The van der Waals surface area contributed by atoms with Crippen molar-refractivity contribution < 1.29 is 116 Å². The molecule has 3 aromatic carbocycles. The molecule has 0 bridgehead atoms. The zero-order valence-electron chi connectivity index (χ0n) is 80.5. The van der Waals surface area contributed by atoms with Crippen molar-refractivity contribution in [1.29, 1.82) is 0 Å². The number of nitrogens with one attached hydrogen (secondary N) is 10. The number of aromatic amines is 2. The van der Waals surface area contributed by atoms with E-state index < -0.39 is 265 Å². The van der Waals surface area contributed by atoms with Crippen LogP contribution in [0.5, 0.6) is 5.75 Å². The number of likely N-dealkylation sites (N-methyl/N-ethyl adjacent to an activating group) is 3. The Balaban J connectivity index is 1.13. The van der Waals surface area contributed by atoms with E-state index in [4.69, 9.17) is 21.9 Å². The summed E-state index contributed by atoms with van der Waals surface area (Å²) in [5.41, 5.74) is 20.4. The van der Waals surface area contributed by atoms with E-state index in [9.17, 15) is 73.2 Å². The zero-order valence-corrected chi connectivity index (χ0v) is 81.3. The molecule has 2 aliphatic heterocycles. The number of methoxy groups -OCH3 is 1. The maximum atomic E-state index is 16.0. The Morgan fingerprint density at radius 1 is 0.546 bits per heavy atom. The minimum Gasteiger partial charge on any atom is -0.497 e. The topological polar surface area (TPSA) is 651 Å². The van der Waals surface area contributed by atoms with Gasteiger partial charge in [-0.2, -0.15) is 0 Å². The molecule has 3 aromatic heterocycles. The van der Waals surface area contributed by atoms with Gasteiger partial charge in [0.15, 0.2) is 17.3 Å². The Bertz CT molecular complexity index is 5440. The third kappa shape index (κ3) is 31.3. The minimum absolute atomic E-state index is 0.0539. The van der Waals surface area contributed by atoms with Crippen LogP contribution < -0.4 is 64.5 Å². The molecule has 20 N–H and O–H groups in total. The van der Waals surface area contributed by atoms with Crippen molar-refractivity contribution in [2.75, 3.05) is 59.4 Å². The van der Waals surface area contributed by atoms with Gasteiger partial charge in [-0.1, -0.05) is 88.1 Å². The molecule has 5 heterocycles. The number of aliphatic hydroxyl groups is 1. The van der Waals surface area contributed by atoms with Crippen molar-refractivity contribution in [3.63, 3.8) is 0 Å². The number of thioether (sulfide) groups is 1. The molecule has 6 aromatic rings. The van der Waals surface area contributed by atoms with Gasteiger partial charge in [-0.3, -0.25) is 91.1 Å². The molecule has 0 spiro atoms. The predicted octanol–water partition coefficient (Wildman–Crippen LogP) is 0.890. The standard InChI is InChI=1S/C97H133N19O24S/c1-8-10-23-76-92(134)106-68(31-34-83(122)123)90(132)111-74(79(118)32-33-81(100)120)51-141-52-82(121)104-71(39-55-27-29-61(140-7)30-28-55)94(136)112(4)54(3)87(129)109-73(46-84(124)125)96(138)116-38-18-26-77(116)93(135)108-70(43-59-48-101-53-103-59)91(133)105-67(22-16-17-36-98)86(128)64-44-60(117)45-65(64)89(131)107-69(40-57-47-102-66-21-14-12-19-62(57)66)80(119)42-56(35-37-99)88(130)110-72(95(137)114(6)78(24-11-9-2)97(139)113(76)5)41-58-49-115(50-85(126)127)75-25-15-13-20-63(58)75/h12-15,19-21,25,27-30,47-49,53-54,56,60,64-65,67-74,76-78,102,117H,8-11,16-18,22-24,26,31-46,50-52,98-99H2,1-7H3,(H2,100,120)(H,101,103)(H,104,121)(H,105,133)(H,106,134)(H,107,131)(H,108,135)(H,109,129)(H,110,130)(H,111,132)(H,122,123)(H,124,125)(H,126,127)/t54-,56+,60-,64?,65+,67-,68-,69-,70-,71-,72-,73-,74-,76-,77-,78-/m0/s1. The van der Waals surface area contributed by atoms with Crippen LogP contribution in [-0.4, -0.2) is 310 Å². The fourth-order valence-corrected chi connectivity index (χ4v) is 19.1. The van der Waals surface area contributed by atoms with Crippen molar-refractivity contribution >= 4 is 146 Å². The number of carboxylic acid groups (broad SMARTS) is 3. The second-order valence-electron chi connectivity index (χ2n) is 36.3. The number of imidazole rings is 1. The average molecular weight is 1980 g/mol. The summed E-state index contributed by atoms with van der Waals surface area (Å²) in [7, 11) is 5.22. The number of aliphatic hydroxyl groups excluding tert-OH is 1. The second kappa shape index (κ2) is 53.8. The number of rotatable bonds is 32. The summed E-state index contributed by atoms with van der Waals surface area (Å²) >= 11 is 0.748. The van der Waals surface area contributed by atoms with E-state index in [1.807, 2.05) is 6.92 Å². The summed E-state index contributed by atoms with van der Waals surface area (Å²) in [5.74, 6) is -23.6. The summed E-state index contributed by atoms with van der Waals surface area (Å²) in [5, 5.41) is 64.8. The normalized spacial score (nSPS) is 24.8. The van der Waals surface area contributed by atoms with Crippen LogP contribution >= 0.6 is 11.8 Å². The third-order valence-corrected chi connectivity index (χ3v) is 27.2. The second-order valence-corrected chi connectivity index (χ2v) is 37.3. The summed E-state index contributed by atoms with van der Waals surface area (Å²) < 4.78 is 6.77. The maximum absolute atomic E-state index is 16.0. The molecule has 9 rings (SSSR count). The highest BCUT2D eigenvalue weighted by Crippen LogP contribution is 2.36. The number of carboxylic acids is 3. The van der Waals surface area contributed by atoms with Crippen LogP contribution in [0.4, 0.5) is 0 Å². The number of nitrogens with two attached hydrogens (primary N) is 3. The van der Waals surface area contributed by atoms with Gasteiger partial charge in [-0.25, -0.2) is 4.98 Å². The predicted molar refractivity (Wildman–Crippen MR) is 516 cm³/mol. The Hall–Kier alpha value is -13.5. The Morgan fingerprint density at radius 3 is 1.83 bits per heavy atom. The number of primary amides is 1. The smallest absolute Gasteiger partial charge is 0.323 e. The van der Waals surface area contributed by atoms with Gasteiger partial charge in [0.05, 0.1) is 61.5 Å². The quantitative estimate of drug-likeness (QED) is 0.0261. The lowest BCUT2D eigenvalue weighted by molar-refractivity contribution is -0.149. The van der Waals surface area contributed by atoms with Gasteiger partial charge in [0.2, 0.25) is 76.8 Å². The van der Waals surface area contributed by atoms with Crippen LogP contribution in [-0.2, 0) is 123 Å². The highest BCUT2D eigenvalue weighted by atomic mass is 32.2. The van der Waals surface area contributed by atoms with Crippen molar-refractivity contribution in [2.45, 2.75) is 260 Å². The van der Waals surface area contributed by atoms with Gasteiger partial charge in [0.1, 0.15) is 66.7 Å². The molecule has 2 saturated heterocycles. The molecule has 141 heavy (non-hydrogen) atoms. The minimum atomic E-state index is -1.91. The maximum Gasteiger partial charge on any atom is 0.323 e. The van der Waals surface area contributed by atoms with Crippen LogP contribution in [0.2, 0.25) is 0 Å². The number of aliphatic carboxylic acids is 3. The molecule has 0 radical (unpaired) electrons. The van der Waals surface area contributed by atoms with E-state index in [1.165, 1.54) is 58.5 Å². The number of H-pyrrole nitrogens is 2. The molecule has 13 amide bonds. The number of nitrogens with zero attached hydrogens (tertiary/aromatic N) is 6. The Labute approximate surface area is 819 Å². The zero-order chi connectivity index (χ0) is 103. The third-order valence-electron chi connectivity index (χ3n) is 26.2. The molecular weight excluding hydrogens is 1850 g/mol. The summed E-state index contributed by atoms with van der Waals surface area (Å²) in [6, 6.07) is 1.09. The number of ether oxygens (including phenoxy) is 1. The first-order valence-corrected chi connectivity index (χ1v) is 48.9. The van der Waals surface area contributed by atoms with Crippen molar-refractivity contribution in [2.24, 2.45) is 35.0 Å². The van der Waals surface area contributed by atoms with E-state index in [0.717, 1.165) is 31.4 Å². The van der Waals surface area contributed by atoms with Crippen LogP contribution in [0, 0.1) is 17.8 Å². The molecular formula is C97H133N19O24S. The van der Waals surface area contributed by atoms with Crippen LogP contribution in [0.1, 0.15) is 172 Å². The van der Waals surface area contributed by atoms with Crippen LogP contribution in [0.25, 0.3) is 21.8 Å². The molecule has 3 aliphatic rings. The number of aromatic nitrogens is 4. The highest BCUT2D eigenvalue weighted by molar-refractivity contribution is 8.00. The number of carbonyl (C=O) groups is 19. The summed E-state index contributed by atoms with van der Waals surface area (Å²) in [6.45, 7) is 4.06. The van der Waals surface area contributed by atoms with Crippen LogP contribution in [0.15, 0.2) is 97.7 Å². The number of hydrogen-bond acceptors (Lipinski definition) is 25. The molecule has 1 saturated carbocycles. The highest BCUT2D eigenvalue weighted by Gasteiger charge is 2.48. The van der Waals surface area contributed by atoms with Crippen molar-refractivity contribution in [3.8, 4) is 5.75 Å². The number of hydrogen-bond donors (Lipinski definition) is 17. The fourth-order valence-electron chi connectivity index (χ4n) is 18.2. The van der Waals surface area contributed by atoms with Gasteiger partial charge in [-0.05, 0) is 132 Å². The molecule has 43 nitrogen and oxygen atoms in total. The van der Waals surface area contributed by atoms with E-state index >= 15 is 38.4 Å². The largest absolute Gasteiger partial charge is 0.497 e. The van der Waals surface area contributed by atoms with Crippen LogP contribution in [0.3, 0.4) is 0 Å². The monoisotopic (exact) mass is 1980 g/mol. The number of fused-ring (bicyclic) bond motifs is 4. The van der Waals surface area contributed by atoms with Gasteiger partial charge >= 0.3 is 17.9 Å². The molecule has 44 heteroatoms. The number of ketones is 3. The number of Topliss-reactive ketones (excluding diaryl/α,β-unsaturated/α-hetero) is 3. The Kier molecular flexibility index (Phi) is 42.4. The molecule has 1 unspecified atom stereocenters. The SMILES string of the molecule is CCCC[C@H]1C(=O)N(C)[C@@H](CCCC)C(=O)N[C@@H](CCC(=O)O)C(=O)N[C@H](C(=O)CCC(N)=O)CSCC(=O)N[C@@H](Cc2ccc(OC)cc2)C(=O)N(C)[C@@H](C)C(=O)N[C@@H](CC(=O)O)C(=O)N2CCC[C@H]2C(=O)N[C@@H](Cc2c[nH]cn2)C(=O)N[C@@H](CCCCN)C(=O)C2C[C@H](O)C[C@H]2C(=O)N[C@@H](Cc2c[nH]c3ccccc23)C(=O)C[C@@H](CCN)C(=O)N[C@@H](Cc2cn(CC(=O)O)c3ccccc23)C(=O)N1C. The van der Waals surface area contributed by atoms with E-state index in [-0.39, 0.29) is 122 Å². The van der Waals surface area contributed by atoms with Crippen molar-refractivity contribution in [1.82, 2.24) is 81.7 Å². The number of para-hydroxylation sites is 2. The first kappa shape index (κ1) is 111. The van der Waals surface area contributed by atoms with Gasteiger partial charge in [-0.15, -0.1) is 11.8 Å². The first-order valence-electron chi connectivity index (χ1n) is 47.7. The van der Waals surface area contributed by atoms with Crippen molar-refractivity contribution in [3.05, 3.63) is 120 Å². The number of carbonyl (C=O) groups excluding carboxylic acids is 16. The Morgan fingerprint density at radius 2 is 1.17 bits per heavy atom. The fraction of sp³-hybridized carbons (Fsp3) is 0.546. The van der Waals surface area contributed by atoms with E-state index in [2.05, 4.69) is 57.5 Å². The van der Waals surface area contributed by atoms with Gasteiger partial charge < -0.3 is 119 Å². The van der Waals surface area contributed by atoms with E-state index in [1.54, 1.807) is 85.9 Å². The molecule has 3 fully saturated rings. The number of unbranched alkanes of at least 4 members (excludes halogenated alkanes) is 3. The lowest BCUT2D eigenvalue weighted by Gasteiger charge is -2.36. The summed E-state index contributed by atoms with van der Waals surface area (Å²) in [4.78, 5) is 292. The van der Waals surface area contributed by atoms with Gasteiger partial charge in [0, 0.05) is 137 Å². The molecule has 1 aliphatic carbocycles. The lowest BCUT2D eigenvalue weighted by atomic mass is 9.85. The first-order chi connectivity index (χ1) is 67.3. The summed E-state index contributed by atoms with van der Waals surface area (Å²) in [6.07, 6.45) is 0.118. The van der Waals surface area contributed by atoms with Gasteiger partial charge in [0.25, 0.3) is 0 Å². The average Bonchev–Trinajstić information content (AvgIpc) is 1.66. The number of benzene rings is 3. The molecule has 766 valence electrons. The lowest BCUT2D eigenvalue weighted by Crippen LogP contribution is -2.59. The molecule has 16 atom stereocenters. The van der Waals surface area contributed by atoms with E-state index in [0.29, 0.717) is 63.5 Å². The number of amides is 13.